The number of ether oxygens (including phenoxy) is 2. The Morgan fingerprint density at radius 1 is 1.00 bits per heavy atom. The summed E-state index contributed by atoms with van der Waals surface area (Å²) in [6.45, 7) is 6.69. The minimum Gasteiger partial charge on any atom is -0.465 e. The van der Waals surface area contributed by atoms with Crippen LogP contribution in [0.25, 0.3) is 0 Å². The van der Waals surface area contributed by atoms with E-state index in [9.17, 15) is 14.4 Å². The van der Waals surface area contributed by atoms with Crippen LogP contribution >= 0.6 is 0 Å². The molecule has 0 radical (unpaired) electrons. The lowest BCUT2D eigenvalue weighted by atomic mass is 10.4. The van der Waals surface area contributed by atoms with E-state index in [0.29, 0.717) is 19.6 Å². The SMILES string of the molecule is CCCNC(=O)CN(CCOC(C)=O)CCOC(C)=O. The molecule has 0 unspecified atom stereocenters. The molecule has 0 rings (SSSR count). The largest absolute Gasteiger partial charge is 0.465 e. The number of carbonyl (C=O) groups excluding carboxylic acids is 3. The Morgan fingerprint density at radius 3 is 1.90 bits per heavy atom. The number of esters is 2. The summed E-state index contributed by atoms with van der Waals surface area (Å²) in [5.74, 6) is -0.821. The highest BCUT2D eigenvalue weighted by Gasteiger charge is 2.11. The van der Waals surface area contributed by atoms with Gasteiger partial charge in [0.1, 0.15) is 13.2 Å². The van der Waals surface area contributed by atoms with Crippen molar-refractivity contribution in [1.29, 1.82) is 0 Å². The highest BCUT2D eigenvalue weighted by atomic mass is 16.5. The lowest BCUT2D eigenvalue weighted by Gasteiger charge is -2.21. The van der Waals surface area contributed by atoms with E-state index < -0.39 is 0 Å². The zero-order valence-corrected chi connectivity index (χ0v) is 12.4. The summed E-state index contributed by atoms with van der Waals surface area (Å²) in [4.78, 5) is 34.8. The van der Waals surface area contributed by atoms with E-state index in [1.54, 1.807) is 4.90 Å². The Bertz CT molecular complexity index is 300. The molecule has 20 heavy (non-hydrogen) atoms. The van der Waals surface area contributed by atoms with Crippen LogP contribution in [0, 0.1) is 0 Å². The molecule has 7 nitrogen and oxygen atoms in total. The van der Waals surface area contributed by atoms with Crippen molar-refractivity contribution >= 4 is 17.8 Å². The van der Waals surface area contributed by atoms with Crippen molar-refractivity contribution in [3.63, 3.8) is 0 Å². The summed E-state index contributed by atoms with van der Waals surface area (Å²) in [7, 11) is 0. The third-order valence-electron chi connectivity index (χ3n) is 2.37. The normalized spacial score (nSPS) is 10.2. The summed E-state index contributed by atoms with van der Waals surface area (Å²) in [5.41, 5.74) is 0. The van der Waals surface area contributed by atoms with Crippen molar-refractivity contribution in [3.8, 4) is 0 Å². The van der Waals surface area contributed by atoms with Crippen LogP contribution in [0.15, 0.2) is 0 Å². The first-order chi connectivity index (χ1) is 9.45. The molecule has 0 aromatic rings. The maximum absolute atomic E-state index is 11.6. The molecule has 1 N–H and O–H groups in total. The number of nitrogens with zero attached hydrogens (tertiary/aromatic N) is 1. The number of hydrogen-bond acceptors (Lipinski definition) is 6. The van der Waals surface area contributed by atoms with Crippen LogP contribution in [-0.2, 0) is 23.9 Å². The molecular formula is C13H24N2O5. The Kier molecular flexibility index (Phi) is 10.3. The van der Waals surface area contributed by atoms with Crippen molar-refractivity contribution in [2.24, 2.45) is 0 Å². The lowest BCUT2D eigenvalue weighted by Crippen LogP contribution is -2.40. The zero-order valence-electron chi connectivity index (χ0n) is 12.4. The van der Waals surface area contributed by atoms with Gasteiger partial charge in [0, 0.05) is 33.5 Å². The van der Waals surface area contributed by atoms with Crippen LogP contribution in [0.2, 0.25) is 0 Å². The standard InChI is InChI=1S/C13H24N2O5/c1-4-5-14-13(18)10-15(6-8-19-11(2)16)7-9-20-12(3)17/h4-10H2,1-3H3,(H,14,18). The first kappa shape index (κ1) is 18.4. The monoisotopic (exact) mass is 288 g/mol. The number of hydrogen-bond donors (Lipinski definition) is 1. The van der Waals surface area contributed by atoms with Gasteiger partial charge in [-0.1, -0.05) is 6.92 Å². The molecule has 1 amide bonds. The molecular weight excluding hydrogens is 264 g/mol. The molecule has 0 aliphatic rings. The molecule has 0 spiro atoms. The molecule has 7 heteroatoms. The second kappa shape index (κ2) is 11.2. The van der Waals surface area contributed by atoms with Crippen LogP contribution < -0.4 is 5.32 Å². The Labute approximate surface area is 119 Å². The van der Waals surface area contributed by atoms with E-state index in [2.05, 4.69) is 5.32 Å². The molecule has 0 bridgehead atoms. The maximum atomic E-state index is 11.6. The predicted octanol–water partition coefficient (Wildman–Crippen LogP) is -0.0592. The summed E-state index contributed by atoms with van der Waals surface area (Å²) >= 11 is 0. The third-order valence-corrected chi connectivity index (χ3v) is 2.37. The van der Waals surface area contributed by atoms with Gasteiger partial charge in [0.25, 0.3) is 0 Å². The van der Waals surface area contributed by atoms with E-state index in [1.165, 1.54) is 13.8 Å². The lowest BCUT2D eigenvalue weighted by molar-refractivity contribution is -0.141. The molecule has 0 aromatic carbocycles. The van der Waals surface area contributed by atoms with Gasteiger partial charge in [0.05, 0.1) is 6.54 Å². The van der Waals surface area contributed by atoms with Gasteiger partial charge in [-0.3, -0.25) is 19.3 Å². The number of nitrogens with one attached hydrogen (secondary N) is 1. The average molecular weight is 288 g/mol. The van der Waals surface area contributed by atoms with Gasteiger partial charge in [-0.05, 0) is 6.42 Å². The maximum Gasteiger partial charge on any atom is 0.302 e. The molecule has 0 heterocycles. The van der Waals surface area contributed by atoms with Crippen molar-refractivity contribution in [2.45, 2.75) is 27.2 Å². The highest BCUT2D eigenvalue weighted by Crippen LogP contribution is 1.91. The average Bonchev–Trinajstić information content (AvgIpc) is 2.35. The van der Waals surface area contributed by atoms with Crippen LogP contribution in [0.4, 0.5) is 0 Å². The van der Waals surface area contributed by atoms with Gasteiger partial charge in [0.2, 0.25) is 5.91 Å². The highest BCUT2D eigenvalue weighted by molar-refractivity contribution is 5.78. The second-order valence-corrected chi connectivity index (χ2v) is 4.31. The molecule has 0 saturated heterocycles. The van der Waals surface area contributed by atoms with E-state index in [1.807, 2.05) is 6.92 Å². The Balaban J connectivity index is 4.11. The fraction of sp³-hybridized carbons (Fsp3) is 0.769. The molecule has 116 valence electrons. The van der Waals surface area contributed by atoms with E-state index >= 15 is 0 Å². The van der Waals surface area contributed by atoms with Crippen molar-refractivity contribution < 1.29 is 23.9 Å². The predicted molar refractivity (Wildman–Crippen MR) is 73.0 cm³/mol. The molecule has 0 fully saturated rings. The zero-order chi connectivity index (χ0) is 15.4. The molecule has 0 atom stereocenters. The van der Waals surface area contributed by atoms with Crippen LogP contribution in [-0.4, -0.2) is 62.1 Å². The van der Waals surface area contributed by atoms with Gasteiger partial charge in [-0.15, -0.1) is 0 Å². The molecule has 0 aromatic heterocycles. The van der Waals surface area contributed by atoms with E-state index in [-0.39, 0.29) is 37.6 Å². The van der Waals surface area contributed by atoms with Crippen LogP contribution in [0.1, 0.15) is 27.2 Å². The smallest absolute Gasteiger partial charge is 0.302 e. The van der Waals surface area contributed by atoms with E-state index in [0.717, 1.165) is 6.42 Å². The first-order valence-electron chi connectivity index (χ1n) is 6.71. The minimum atomic E-state index is -0.361. The van der Waals surface area contributed by atoms with Gasteiger partial charge in [-0.2, -0.15) is 0 Å². The number of carbonyl (C=O) groups is 3. The number of amides is 1. The fourth-order valence-corrected chi connectivity index (χ4v) is 1.43. The van der Waals surface area contributed by atoms with Crippen molar-refractivity contribution in [2.75, 3.05) is 39.4 Å². The van der Waals surface area contributed by atoms with Crippen molar-refractivity contribution in [3.05, 3.63) is 0 Å². The number of rotatable bonds is 10. The second-order valence-electron chi connectivity index (χ2n) is 4.31. The fourth-order valence-electron chi connectivity index (χ4n) is 1.43. The molecule has 0 saturated carbocycles. The summed E-state index contributed by atoms with van der Waals surface area (Å²) in [5, 5.41) is 2.77. The van der Waals surface area contributed by atoms with Crippen LogP contribution in [0.5, 0.6) is 0 Å². The van der Waals surface area contributed by atoms with Gasteiger partial charge in [-0.25, -0.2) is 0 Å². The minimum absolute atomic E-state index is 0.0995. The summed E-state index contributed by atoms with van der Waals surface area (Å²) in [6, 6.07) is 0. The van der Waals surface area contributed by atoms with Gasteiger partial charge in [0.15, 0.2) is 0 Å². The van der Waals surface area contributed by atoms with Crippen molar-refractivity contribution in [1.82, 2.24) is 10.2 Å². The Hall–Kier alpha value is -1.63. The van der Waals surface area contributed by atoms with Gasteiger partial charge < -0.3 is 14.8 Å². The van der Waals surface area contributed by atoms with Gasteiger partial charge >= 0.3 is 11.9 Å². The Morgan fingerprint density at radius 2 is 1.50 bits per heavy atom. The summed E-state index contributed by atoms with van der Waals surface area (Å²) < 4.78 is 9.68. The quantitative estimate of drug-likeness (QED) is 0.567. The molecule has 0 aliphatic carbocycles. The van der Waals surface area contributed by atoms with Crippen LogP contribution in [0.3, 0.4) is 0 Å². The summed E-state index contributed by atoms with van der Waals surface area (Å²) in [6.07, 6.45) is 0.868. The van der Waals surface area contributed by atoms with E-state index in [4.69, 9.17) is 9.47 Å². The third kappa shape index (κ3) is 11.5. The topological polar surface area (TPSA) is 84.9 Å². The molecule has 0 aliphatic heterocycles. The first-order valence-corrected chi connectivity index (χ1v) is 6.71.